The summed E-state index contributed by atoms with van der Waals surface area (Å²) in [6.45, 7) is 0. The molecule has 0 spiro atoms. The fraction of sp³-hybridized carbons (Fsp3) is 0. The molecule has 0 aliphatic heterocycles. The summed E-state index contributed by atoms with van der Waals surface area (Å²) in [7, 11) is 0. The Labute approximate surface area is 175 Å². The van der Waals surface area contributed by atoms with Gasteiger partial charge in [-0.15, -0.1) is 0 Å². The standard InChI is InChI=1S/C28H20N2/c29-25-17-13-19-11-12-20-14-18-26(24-16-15-23(25)27(19)28(20)24)30(21-7-3-1-4-8-21)22-9-5-2-6-10-22/h1-18H,29H2. The van der Waals surface area contributed by atoms with Gasteiger partial charge in [-0.2, -0.15) is 0 Å². The molecule has 0 saturated heterocycles. The Morgan fingerprint density at radius 3 is 1.60 bits per heavy atom. The maximum absolute atomic E-state index is 6.34. The van der Waals surface area contributed by atoms with Crippen molar-refractivity contribution in [2.45, 2.75) is 0 Å². The molecule has 0 unspecified atom stereocenters. The molecule has 0 atom stereocenters. The van der Waals surface area contributed by atoms with Gasteiger partial charge in [0.1, 0.15) is 0 Å². The first-order valence-electron chi connectivity index (χ1n) is 10.2. The predicted molar refractivity (Wildman–Crippen MR) is 129 cm³/mol. The molecule has 0 bridgehead atoms. The highest BCUT2D eigenvalue weighted by Gasteiger charge is 2.18. The zero-order valence-electron chi connectivity index (χ0n) is 16.4. The quantitative estimate of drug-likeness (QED) is 0.251. The molecule has 0 aromatic heterocycles. The molecule has 6 rings (SSSR count). The smallest absolute Gasteiger partial charge is 0.0540 e. The summed E-state index contributed by atoms with van der Waals surface area (Å²) >= 11 is 0. The van der Waals surface area contributed by atoms with Gasteiger partial charge in [0.2, 0.25) is 0 Å². The summed E-state index contributed by atoms with van der Waals surface area (Å²) in [5.41, 5.74) is 10.6. The highest BCUT2D eigenvalue weighted by Crippen LogP contribution is 2.44. The normalized spacial score (nSPS) is 11.5. The van der Waals surface area contributed by atoms with Gasteiger partial charge in [-0.1, -0.05) is 72.8 Å². The second-order valence-electron chi connectivity index (χ2n) is 7.67. The van der Waals surface area contributed by atoms with Crippen molar-refractivity contribution in [3.8, 4) is 0 Å². The van der Waals surface area contributed by atoms with Crippen LogP contribution in [0.5, 0.6) is 0 Å². The molecule has 0 radical (unpaired) electrons. The maximum atomic E-state index is 6.34. The highest BCUT2D eigenvalue weighted by atomic mass is 15.1. The largest absolute Gasteiger partial charge is 0.398 e. The third-order valence-electron chi connectivity index (χ3n) is 5.94. The minimum atomic E-state index is 0.824. The fourth-order valence-electron chi connectivity index (χ4n) is 4.58. The molecule has 2 nitrogen and oxygen atoms in total. The van der Waals surface area contributed by atoms with Gasteiger partial charge in [0, 0.05) is 27.8 Å². The Hall–Kier alpha value is -4.04. The van der Waals surface area contributed by atoms with Crippen LogP contribution in [0.2, 0.25) is 0 Å². The topological polar surface area (TPSA) is 29.3 Å². The second-order valence-corrected chi connectivity index (χ2v) is 7.67. The first-order valence-corrected chi connectivity index (χ1v) is 10.2. The van der Waals surface area contributed by atoms with Gasteiger partial charge in [0.05, 0.1) is 5.69 Å². The van der Waals surface area contributed by atoms with E-state index in [-0.39, 0.29) is 0 Å². The molecule has 0 saturated carbocycles. The van der Waals surface area contributed by atoms with Crippen molar-refractivity contribution in [1.29, 1.82) is 0 Å². The van der Waals surface area contributed by atoms with E-state index >= 15 is 0 Å². The Balaban J connectivity index is 1.73. The summed E-state index contributed by atoms with van der Waals surface area (Å²) < 4.78 is 0. The van der Waals surface area contributed by atoms with E-state index in [1.54, 1.807) is 0 Å². The third-order valence-corrected chi connectivity index (χ3v) is 5.94. The lowest BCUT2D eigenvalue weighted by Crippen LogP contribution is -2.10. The Bertz CT molecular complexity index is 1450. The van der Waals surface area contributed by atoms with Crippen LogP contribution in [-0.2, 0) is 0 Å². The van der Waals surface area contributed by atoms with Gasteiger partial charge in [0.25, 0.3) is 0 Å². The molecule has 0 heterocycles. The van der Waals surface area contributed by atoms with E-state index in [0.29, 0.717) is 0 Å². The Morgan fingerprint density at radius 1 is 0.467 bits per heavy atom. The van der Waals surface area contributed by atoms with Crippen LogP contribution >= 0.6 is 0 Å². The summed E-state index contributed by atoms with van der Waals surface area (Å²) in [6.07, 6.45) is 0. The van der Waals surface area contributed by atoms with Crippen LogP contribution in [0.3, 0.4) is 0 Å². The van der Waals surface area contributed by atoms with E-state index in [0.717, 1.165) is 28.1 Å². The van der Waals surface area contributed by atoms with E-state index in [4.69, 9.17) is 5.73 Å². The lowest BCUT2D eigenvalue weighted by atomic mass is 9.92. The molecular weight excluding hydrogens is 364 g/mol. The number of hydrogen-bond acceptors (Lipinski definition) is 2. The maximum Gasteiger partial charge on any atom is 0.0540 e. The highest BCUT2D eigenvalue weighted by molar-refractivity contribution is 6.27. The van der Waals surface area contributed by atoms with E-state index in [1.165, 1.54) is 26.9 Å². The first kappa shape index (κ1) is 16.9. The number of nitrogens with zero attached hydrogens (tertiary/aromatic N) is 1. The number of rotatable bonds is 3. The molecule has 0 aliphatic carbocycles. The van der Waals surface area contributed by atoms with Crippen LogP contribution < -0.4 is 10.6 Å². The lowest BCUT2D eigenvalue weighted by molar-refractivity contribution is 1.30. The van der Waals surface area contributed by atoms with E-state index in [2.05, 4.69) is 108 Å². The van der Waals surface area contributed by atoms with Crippen LogP contribution in [0.1, 0.15) is 0 Å². The van der Waals surface area contributed by atoms with Crippen molar-refractivity contribution in [1.82, 2.24) is 0 Å². The predicted octanol–water partition coefficient (Wildman–Crippen LogP) is 7.64. The molecule has 2 N–H and O–H groups in total. The number of hydrogen-bond donors (Lipinski definition) is 1. The minimum Gasteiger partial charge on any atom is -0.398 e. The molecule has 6 aromatic rings. The van der Waals surface area contributed by atoms with E-state index < -0.39 is 0 Å². The molecular formula is C28H20N2. The summed E-state index contributed by atoms with van der Waals surface area (Å²) in [4.78, 5) is 2.33. The summed E-state index contributed by atoms with van der Waals surface area (Å²) in [5, 5.41) is 7.32. The molecule has 0 fully saturated rings. The number of anilines is 4. The molecule has 30 heavy (non-hydrogen) atoms. The molecule has 2 heteroatoms. The third kappa shape index (κ3) is 2.44. The minimum absolute atomic E-state index is 0.824. The van der Waals surface area contributed by atoms with Crippen molar-refractivity contribution in [2.75, 3.05) is 10.6 Å². The number of benzene rings is 6. The first-order chi connectivity index (χ1) is 14.8. The number of nitrogen functional groups attached to an aromatic ring is 1. The molecule has 6 aromatic carbocycles. The van der Waals surface area contributed by atoms with Crippen molar-refractivity contribution in [3.05, 3.63) is 109 Å². The van der Waals surface area contributed by atoms with Crippen molar-refractivity contribution < 1.29 is 0 Å². The molecule has 0 amide bonds. The van der Waals surface area contributed by atoms with Crippen LogP contribution in [-0.4, -0.2) is 0 Å². The summed E-state index contributed by atoms with van der Waals surface area (Å²) in [5.74, 6) is 0. The zero-order chi connectivity index (χ0) is 20.1. The SMILES string of the molecule is Nc1ccc2ccc3ccc(N(c4ccccc4)c4ccccc4)c4ccc1c2c34. The van der Waals surface area contributed by atoms with Crippen LogP contribution in [0.25, 0.3) is 32.3 Å². The number of para-hydroxylation sites is 2. The molecule has 0 aliphatic rings. The Kier molecular flexibility index (Phi) is 3.65. The van der Waals surface area contributed by atoms with Gasteiger partial charge in [-0.05, 0) is 57.9 Å². The van der Waals surface area contributed by atoms with Crippen molar-refractivity contribution in [3.63, 3.8) is 0 Å². The van der Waals surface area contributed by atoms with Gasteiger partial charge in [-0.25, -0.2) is 0 Å². The number of nitrogens with two attached hydrogens (primary N) is 1. The lowest BCUT2D eigenvalue weighted by Gasteiger charge is -2.27. The fourth-order valence-corrected chi connectivity index (χ4v) is 4.58. The van der Waals surface area contributed by atoms with Crippen molar-refractivity contribution >= 4 is 55.1 Å². The average Bonchev–Trinajstić information content (AvgIpc) is 2.81. The van der Waals surface area contributed by atoms with Crippen molar-refractivity contribution in [2.24, 2.45) is 0 Å². The van der Waals surface area contributed by atoms with Crippen LogP contribution in [0, 0.1) is 0 Å². The second kappa shape index (κ2) is 6.50. The van der Waals surface area contributed by atoms with Crippen LogP contribution in [0.15, 0.2) is 109 Å². The average molecular weight is 384 g/mol. The van der Waals surface area contributed by atoms with Gasteiger partial charge < -0.3 is 10.6 Å². The van der Waals surface area contributed by atoms with Gasteiger partial charge >= 0.3 is 0 Å². The van der Waals surface area contributed by atoms with Crippen LogP contribution in [0.4, 0.5) is 22.7 Å². The van der Waals surface area contributed by atoms with Gasteiger partial charge in [0.15, 0.2) is 0 Å². The Morgan fingerprint density at radius 2 is 0.967 bits per heavy atom. The van der Waals surface area contributed by atoms with E-state index in [9.17, 15) is 0 Å². The monoisotopic (exact) mass is 384 g/mol. The summed E-state index contributed by atoms with van der Waals surface area (Å²) in [6, 6.07) is 38.4. The van der Waals surface area contributed by atoms with E-state index in [1.807, 2.05) is 6.07 Å². The zero-order valence-corrected chi connectivity index (χ0v) is 16.4. The molecule has 142 valence electrons. The van der Waals surface area contributed by atoms with Gasteiger partial charge in [-0.3, -0.25) is 0 Å².